The Hall–Kier alpha value is -2.09. The Morgan fingerprint density at radius 1 is 1.35 bits per heavy atom. The lowest BCUT2D eigenvalue weighted by Gasteiger charge is -2.25. The number of ether oxygens (including phenoxy) is 1. The van der Waals surface area contributed by atoms with Gasteiger partial charge in [0.05, 0.1) is 30.3 Å². The van der Waals surface area contributed by atoms with Gasteiger partial charge in [0.2, 0.25) is 11.8 Å². The molecule has 0 bridgehead atoms. The van der Waals surface area contributed by atoms with Gasteiger partial charge in [0.1, 0.15) is 5.75 Å². The summed E-state index contributed by atoms with van der Waals surface area (Å²) in [6.45, 7) is 1.39. The zero-order valence-electron chi connectivity index (χ0n) is 12.9. The number of amides is 2. The number of nitrogens with one attached hydrogen (secondary N) is 1. The zero-order chi connectivity index (χ0) is 16.8. The fourth-order valence-corrected chi connectivity index (χ4v) is 5.43. The van der Waals surface area contributed by atoms with E-state index in [0.717, 1.165) is 0 Å². The summed E-state index contributed by atoms with van der Waals surface area (Å²) in [6.07, 6.45) is 0.220. The van der Waals surface area contributed by atoms with Crippen molar-refractivity contribution in [2.45, 2.75) is 19.4 Å². The Bertz CT molecular complexity index is 774. The van der Waals surface area contributed by atoms with E-state index in [0.29, 0.717) is 17.1 Å². The Morgan fingerprint density at radius 2 is 2.09 bits per heavy atom. The standard InChI is InChI=1S/C15H18N2O5S/c1-9(18)16-11-3-4-14(22-2)12(6-11)17-13-8-23(20,21)7-10(13)5-15(17)19/h3-4,6,10,13H,5,7-8H2,1-2H3,(H,16,18)/t10-,13+/m1/s1. The van der Waals surface area contributed by atoms with Gasteiger partial charge in [-0.05, 0) is 18.2 Å². The van der Waals surface area contributed by atoms with Crippen LogP contribution in [0.2, 0.25) is 0 Å². The van der Waals surface area contributed by atoms with Crippen molar-refractivity contribution in [1.29, 1.82) is 0 Å². The highest BCUT2D eigenvalue weighted by Crippen LogP contribution is 2.41. The van der Waals surface area contributed by atoms with E-state index < -0.39 is 9.84 Å². The van der Waals surface area contributed by atoms with Gasteiger partial charge in [-0.25, -0.2) is 8.42 Å². The van der Waals surface area contributed by atoms with Crippen molar-refractivity contribution in [3.63, 3.8) is 0 Å². The number of rotatable bonds is 3. The zero-order valence-corrected chi connectivity index (χ0v) is 13.7. The fraction of sp³-hybridized carbons (Fsp3) is 0.467. The quantitative estimate of drug-likeness (QED) is 0.880. The Balaban J connectivity index is 2.02. The van der Waals surface area contributed by atoms with Gasteiger partial charge in [-0.3, -0.25) is 9.59 Å². The van der Waals surface area contributed by atoms with Gasteiger partial charge >= 0.3 is 0 Å². The number of hydrogen-bond acceptors (Lipinski definition) is 5. The predicted octanol–water partition coefficient (Wildman–Crippen LogP) is 0.803. The lowest BCUT2D eigenvalue weighted by molar-refractivity contribution is -0.117. The molecule has 0 aromatic heterocycles. The van der Waals surface area contributed by atoms with E-state index in [1.807, 2.05) is 0 Å². The van der Waals surface area contributed by atoms with Crippen molar-refractivity contribution in [2.24, 2.45) is 5.92 Å². The van der Waals surface area contributed by atoms with E-state index in [1.54, 1.807) is 18.2 Å². The minimum absolute atomic E-state index is 0.0308. The molecule has 2 aliphatic rings. The molecular weight excluding hydrogens is 320 g/mol. The average Bonchev–Trinajstić information content (AvgIpc) is 2.88. The first-order valence-corrected chi connectivity index (χ1v) is 9.11. The molecule has 2 aliphatic heterocycles. The third kappa shape index (κ3) is 2.90. The summed E-state index contributed by atoms with van der Waals surface area (Å²) in [5, 5.41) is 2.66. The van der Waals surface area contributed by atoms with Crippen molar-refractivity contribution in [3.8, 4) is 5.75 Å². The molecule has 0 radical (unpaired) electrons. The second kappa shape index (κ2) is 5.52. The normalized spacial score (nSPS) is 25.3. The highest BCUT2D eigenvalue weighted by atomic mass is 32.2. The summed E-state index contributed by atoms with van der Waals surface area (Å²) in [5.74, 6) is -0.0350. The number of sulfone groups is 1. The van der Waals surface area contributed by atoms with Gasteiger partial charge in [-0.1, -0.05) is 0 Å². The first kappa shape index (κ1) is 15.8. The Morgan fingerprint density at radius 3 is 2.74 bits per heavy atom. The largest absolute Gasteiger partial charge is 0.495 e. The van der Waals surface area contributed by atoms with Gasteiger partial charge in [-0.2, -0.15) is 0 Å². The second-order valence-electron chi connectivity index (χ2n) is 5.94. The van der Waals surface area contributed by atoms with Crippen LogP contribution in [0.4, 0.5) is 11.4 Å². The molecule has 1 aromatic carbocycles. The van der Waals surface area contributed by atoms with Gasteiger partial charge in [-0.15, -0.1) is 0 Å². The lowest BCUT2D eigenvalue weighted by Crippen LogP contribution is -2.36. The van der Waals surface area contributed by atoms with E-state index >= 15 is 0 Å². The molecule has 2 amide bonds. The highest BCUT2D eigenvalue weighted by Gasteiger charge is 2.49. The molecule has 124 valence electrons. The maximum Gasteiger partial charge on any atom is 0.227 e. The summed E-state index contributed by atoms with van der Waals surface area (Å²) in [7, 11) is -1.64. The van der Waals surface area contributed by atoms with Gasteiger partial charge < -0.3 is 15.0 Å². The summed E-state index contributed by atoms with van der Waals surface area (Å²) < 4.78 is 29.0. The number of benzene rings is 1. The molecule has 1 N–H and O–H groups in total. The first-order valence-electron chi connectivity index (χ1n) is 7.29. The van der Waals surface area contributed by atoms with Crippen molar-refractivity contribution >= 4 is 33.0 Å². The minimum Gasteiger partial charge on any atom is -0.495 e. The van der Waals surface area contributed by atoms with Crippen LogP contribution in [0, 0.1) is 5.92 Å². The molecule has 0 unspecified atom stereocenters. The molecule has 0 saturated carbocycles. The Labute approximate surface area is 134 Å². The number of fused-ring (bicyclic) bond motifs is 1. The molecule has 3 rings (SSSR count). The molecule has 7 nitrogen and oxygen atoms in total. The van der Waals surface area contributed by atoms with Gasteiger partial charge in [0, 0.05) is 24.9 Å². The van der Waals surface area contributed by atoms with Crippen LogP contribution in [0.1, 0.15) is 13.3 Å². The van der Waals surface area contributed by atoms with Crippen LogP contribution >= 0.6 is 0 Å². The number of anilines is 2. The number of nitrogens with zero attached hydrogens (tertiary/aromatic N) is 1. The highest BCUT2D eigenvalue weighted by molar-refractivity contribution is 7.91. The van der Waals surface area contributed by atoms with E-state index in [4.69, 9.17) is 4.74 Å². The smallest absolute Gasteiger partial charge is 0.227 e. The molecule has 2 atom stereocenters. The molecule has 2 fully saturated rings. The van der Waals surface area contributed by atoms with Gasteiger partial charge in [0.15, 0.2) is 9.84 Å². The summed E-state index contributed by atoms with van der Waals surface area (Å²) >= 11 is 0. The van der Waals surface area contributed by atoms with E-state index in [-0.39, 0.29) is 41.7 Å². The first-order chi connectivity index (χ1) is 10.8. The average molecular weight is 338 g/mol. The Kier molecular flexibility index (Phi) is 3.79. The van der Waals surface area contributed by atoms with Crippen LogP contribution in [-0.4, -0.2) is 44.9 Å². The van der Waals surface area contributed by atoms with Crippen LogP contribution in [0.3, 0.4) is 0 Å². The molecule has 0 aliphatic carbocycles. The van der Waals surface area contributed by atoms with Gasteiger partial charge in [0.25, 0.3) is 0 Å². The monoisotopic (exact) mass is 338 g/mol. The second-order valence-corrected chi connectivity index (χ2v) is 8.09. The predicted molar refractivity (Wildman–Crippen MR) is 85.3 cm³/mol. The summed E-state index contributed by atoms with van der Waals surface area (Å²) in [6, 6.07) is 4.61. The number of methoxy groups -OCH3 is 1. The van der Waals surface area contributed by atoms with Crippen molar-refractivity contribution in [3.05, 3.63) is 18.2 Å². The molecule has 8 heteroatoms. The molecule has 1 aromatic rings. The summed E-state index contributed by atoms with van der Waals surface area (Å²) in [5.41, 5.74) is 1.03. The van der Waals surface area contributed by atoms with Crippen molar-refractivity contribution < 1.29 is 22.7 Å². The molecule has 0 spiro atoms. The maximum absolute atomic E-state index is 12.4. The van der Waals surface area contributed by atoms with E-state index in [9.17, 15) is 18.0 Å². The SMILES string of the molecule is COc1ccc(NC(C)=O)cc1N1C(=O)C[C@@H]2CS(=O)(=O)C[C@@H]21. The lowest BCUT2D eigenvalue weighted by atomic mass is 10.0. The van der Waals surface area contributed by atoms with Crippen LogP contribution in [0.15, 0.2) is 18.2 Å². The van der Waals surface area contributed by atoms with Crippen molar-refractivity contribution in [2.75, 3.05) is 28.8 Å². The molecule has 2 saturated heterocycles. The number of carbonyl (C=O) groups is 2. The number of hydrogen-bond donors (Lipinski definition) is 1. The third-order valence-corrected chi connectivity index (χ3v) is 6.02. The van der Waals surface area contributed by atoms with Crippen LogP contribution in [0.5, 0.6) is 5.75 Å². The summed E-state index contributed by atoms with van der Waals surface area (Å²) in [4.78, 5) is 25.1. The van der Waals surface area contributed by atoms with Crippen LogP contribution < -0.4 is 15.0 Å². The van der Waals surface area contributed by atoms with Crippen LogP contribution in [0.25, 0.3) is 0 Å². The molecule has 2 heterocycles. The molecular formula is C15H18N2O5S. The van der Waals surface area contributed by atoms with Crippen molar-refractivity contribution in [1.82, 2.24) is 0 Å². The van der Waals surface area contributed by atoms with Crippen LogP contribution in [-0.2, 0) is 19.4 Å². The maximum atomic E-state index is 12.4. The topological polar surface area (TPSA) is 92.8 Å². The fourth-order valence-electron chi connectivity index (χ4n) is 3.36. The van der Waals surface area contributed by atoms with E-state index in [2.05, 4.69) is 5.32 Å². The number of carbonyl (C=O) groups excluding carboxylic acids is 2. The third-order valence-electron chi connectivity index (χ3n) is 4.23. The van der Waals surface area contributed by atoms with E-state index in [1.165, 1.54) is 18.9 Å². The molecule has 23 heavy (non-hydrogen) atoms. The minimum atomic E-state index is -3.12.